The minimum atomic E-state index is -1.15. The Bertz CT molecular complexity index is 817. The molecule has 2 aromatic rings. The van der Waals surface area contributed by atoms with Gasteiger partial charge >= 0.3 is 6.03 Å². The van der Waals surface area contributed by atoms with Crippen molar-refractivity contribution in [1.82, 2.24) is 0 Å². The second-order valence-corrected chi connectivity index (χ2v) is 5.87. The summed E-state index contributed by atoms with van der Waals surface area (Å²) in [5.41, 5.74) is 6.08. The number of nitrogens with zero attached hydrogens (tertiary/aromatic N) is 1. The molecule has 1 aliphatic rings. The third-order valence-electron chi connectivity index (χ3n) is 3.35. The van der Waals surface area contributed by atoms with Crippen LogP contribution in [0.5, 0.6) is 0 Å². The molecule has 0 aliphatic carbocycles. The Morgan fingerprint density at radius 1 is 1.32 bits per heavy atom. The minimum Gasteiger partial charge on any atom is -0.457 e. The van der Waals surface area contributed by atoms with Gasteiger partial charge < -0.3 is 10.2 Å². The average molecular weight is 384 g/mol. The number of primary amides is 1. The van der Waals surface area contributed by atoms with Gasteiger partial charge in [0.25, 0.3) is 5.91 Å². The lowest BCUT2D eigenvalue weighted by Crippen LogP contribution is -2.40. The first-order valence-electron chi connectivity index (χ1n) is 6.11. The Hall–Kier alpha value is -2.12. The molecule has 1 aromatic heterocycles. The maximum atomic E-state index is 12.6. The lowest BCUT2D eigenvalue weighted by molar-refractivity contribution is -0.117. The van der Waals surface area contributed by atoms with Crippen LogP contribution in [-0.2, 0) is 4.79 Å². The average Bonchev–Trinajstić information content (AvgIpc) is 2.98. The molecule has 0 fully saturated rings. The van der Waals surface area contributed by atoms with Gasteiger partial charge in [0, 0.05) is 11.1 Å². The fourth-order valence-electron chi connectivity index (χ4n) is 2.42. The first kappa shape index (κ1) is 14.8. The van der Waals surface area contributed by atoms with E-state index < -0.39 is 23.6 Å². The number of Topliss-reactive ketones (excluding diaryl/α,β-unsaturated/α-hetero) is 1. The summed E-state index contributed by atoms with van der Waals surface area (Å²) in [5.74, 6) is -2.33. The van der Waals surface area contributed by atoms with E-state index in [0.29, 0.717) is 15.3 Å². The Kier molecular flexibility index (Phi) is 3.54. The van der Waals surface area contributed by atoms with Gasteiger partial charge in [0.05, 0.1) is 11.3 Å². The van der Waals surface area contributed by atoms with E-state index in [9.17, 15) is 14.4 Å². The highest BCUT2D eigenvalue weighted by Crippen LogP contribution is 2.40. The van der Waals surface area contributed by atoms with Crippen molar-refractivity contribution in [2.45, 2.75) is 5.92 Å². The maximum absolute atomic E-state index is 12.6. The molecule has 6 nitrogen and oxygen atoms in total. The standard InChI is InChI=1S/C14H8BrClN2O4/c15-10-3-6(5-22-10)12(19)11-8-2-1-7(16)4-9(8)18(13(11)20)14(17)21/h1-5,11H,(H2,17,21). The molecule has 3 amide bonds. The topological polar surface area (TPSA) is 93.6 Å². The molecule has 1 aliphatic heterocycles. The number of halogens is 2. The summed E-state index contributed by atoms with van der Waals surface area (Å²) in [6.07, 6.45) is 1.24. The number of amides is 3. The van der Waals surface area contributed by atoms with Gasteiger partial charge in [-0.25, -0.2) is 9.69 Å². The highest BCUT2D eigenvalue weighted by Gasteiger charge is 2.44. The molecule has 0 spiro atoms. The molecule has 1 unspecified atom stereocenters. The highest BCUT2D eigenvalue weighted by atomic mass is 79.9. The molecule has 0 radical (unpaired) electrons. The first-order chi connectivity index (χ1) is 10.4. The van der Waals surface area contributed by atoms with Crippen LogP contribution < -0.4 is 10.6 Å². The van der Waals surface area contributed by atoms with Crippen LogP contribution in [0.4, 0.5) is 10.5 Å². The number of carbonyl (C=O) groups excluding carboxylic acids is 3. The normalized spacial score (nSPS) is 16.7. The summed E-state index contributed by atoms with van der Waals surface area (Å²) in [4.78, 5) is 37.3. The van der Waals surface area contributed by atoms with Crippen LogP contribution in [0.15, 0.2) is 39.6 Å². The Labute approximate surface area is 137 Å². The highest BCUT2D eigenvalue weighted by molar-refractivity contribution is 9.10. The molecule has 1 atom stereocenters. The molecule has 2 N–H and O–H groups in total. The van der Waals surface area contributed by atoms with Crippen LogP contribution in [0, 0.1) is 0 Å². The van der Waals surface area contributed by atoms with Gasteiger partial charge in [0.1, 0.15) is 12.2 Å². The number of nitrogens with two attached hydrogens (primary N) is 1. The van der Waals surface area contributed by atoms with Crippen LogP contribution in [0.2, 0.25) is 5.02 Å². The lowest BCUT2D eigenvalue weighted by atomic mass is 9.93. The second-order valence-electron chi connectivity index (χ2n) is 4.65. The van der Waals surface area contributed by atoms with Crippen molar-refractivity contribution in [3.63, 3.8) is 0 Å². The van der Waals surface area contributed by atoms with Gasteiger partial charge in [-0.2, -0.15) is 0 Å². The van der Waals surface area contributed by atoms with E-state index in [1.165, 1.54) is 24.5 Å². The molecule has 8 heteroatoms. The van der Waals surface area contributed by atoms with E-state index in [1.54, 1.807) is 6.07 Å². The van der Waals surface area contributed by atoms with Crippen molar-refractivity contribution in [3.8, 4) is 0 Å². The molecule has 3 rings (SSSR count). The summed E-state index contributed by atoms with van der Waals surface area (Å²) < 4.78 is 5.39. The van der Waals surface area contributed by atoms with Crippen molar-refractivity contribution in [2.24, 2.45) is 5.73 Å². The largest absolute Gasteiger partial charge is 0.457 e. The van der Waals surface area contributed by atoms with Crippen molar-refractivity contribution in [2.75, 3.05) is 4.90 Å². The van der Waals surface area contributed by atoms with Crippen LogP contribution in [0.3, 0.4) is 0 Å². The SMILES string of the molecule is NC(=O)N1C(=O)C(C(=O)c2coc(Br)c2)c2ccc(Cl)cc21. The second kappa shape index (κ2) is 5.26. The van der Waals surface area contributed by atoms with Gasteiger partial charge in [0.15, 0.2) is 10.5 Å². The number of imide groups is 1. The number of anilines is 1. The van der Waals surface area contributed by atoms with Gasteiger partial charge in [-0.05, 0) is 33.6 Å². The molecular weight excluding hydrogens is 376 g/mol. The number of hydrogen-bond donors (Lipinski definition) is 1. The van der Waals surface area contributed by atoms with E-state index in [2.05, 4.69) is 15.9 Å². The summed E-state index contributed by atoms with van der Waals surface area (Å²) >= 11 is 8.99. The number of fused-ring (bicyclic) bond motifs is 1. The van der Waals surface area contributed by atoms with E-state index >= 15 is 0 Å². The minimum absolute atomic E-state index is 0.220. The van der Waals surface area contributed by atoms with Crippen molar-refractivity contribution in [3.05, 3.63) is 51.3 Å². The zero-order valence-electron chi connectivity index (χ0n) is 10.9. The monoisotopic (exact) mass is 382 g/mol. The fourth-order valence-corrected chi connectivity index (χ4v) is 2.93. The third kappa shape index (κ3) is 2.22. The summed E-state index contributed by atoms with van der Waals surface area (Å²) in [6, 6.07) is 5.01. The van der Waals surface area contributed by atoms with Crippen LogP contribution >= 0.6 is 27.5 Å². The number of rotatable bonds is 2. The molecule has 2 heterocycles. The number of urea groups is 1. The molecular formula is C14H8BrClN2O4. The van der Waals surface area contributed by atoms with Crippen LogP contribution in [0.25, 0.3) is 0 Å². The number of benzene rings is 1. The number of furan rings is 1. The molecule has 22 heavy (non-hydrogen) atoms. The fraction of sp³-hybridized carbons (Fsp3) is 0.0714. The summed E-state index contributed by atoms with van der Waals surface area (Å²) in [7, 11) is 0. The van der Waals surface area contributed by atoms with E-state index in [-0.39, 0.29) is 11.3 Å². The summed E-state index contributed by atoms with van der Waals surface area (Å²) in [5, 5.41) is 0.331. The molecule has 1 aromatic carbocycles. The van der Waals surface area contributed by atoms with Gasteiger partial charge in [-0.1, -0.05) is 17.7 Å². The van der Waals surface area contributed by atoms with Crippen molar-refractivity contribution >= 4 is 50.9 Å². The molecule has 0 saturated carbocycles. The third-order valence-corrected chi connectivity index (χ3v) is 4.00. The molecule has 0 bridgehead atoms. The lowest BCUT2D eigenvalue weighted by Gasteiger charge is -2.12. The van der Waals surface area contributed by atoms with E-state index in [4.69, 9.17) is 21.8 Å². The quantitative estimate of drug-likeness (QED) is 0.637. The zero-order valence-corrected chi connectivity index (χ0v) is 13.2. The van der Waals surface area contributed by atoms with Crippen molar-refractivity contribution in [1.29, 1.82) is 0 Å². The van der Waals surface area contributed by atoms with Crippen molar-refractivity contribution < 1.29 is 18.8 Å². The smallest absolute Gasteiger partial charge is 0.326 e. The zero-order chi connectivity index (χ0) is 16.0. The van der Waals surface area contributed by atoms with Gasteiger partial charge in [-0.15, -0.1) is 0 Å². The molecule has 0 saturated heterocycles. The molecule has 112 valence electrons. The Morgan fingerprint density at radius 3 is 2.64 bits per heavy atom. The Morgan fingerprint density at radius 2 is 2.05 bits per heavy atom. The summed E-state index contributed by atoms with van der Waals surface area (Å²) in [6.45, 7) is 0. The number of ketones is 1. The van der Waals surface area contributed by atoms with Crippen LogP contribution in [0.1, 0.15) is 21.8 Å². The van der Waals surface area contributed by atoms with Gasteiger partial charge in [0.2, 0.25) is 0 Å². The maximum Gasteiger partial charge on any atom is 0.326 e. The number of carbonyl (C=O) groups is 3. The van der Waals surface area contributed by atoms with Gasteiger partial charge in [-0.3, -0.25) is 9.59 Å². The van der Waals surface area contributed by atoms with Crippen LogP contribution in [-0.4, -0.2) is 17.7 Å². The predicted molar refractivity (Wildman–Crippen MR) is 82.0 cm³/mol. The van der Waals surface area contributed by atoms with E-state index in [1.807, 2.05) is 0 Å². The first-order valence-corrected chi connectivity index (χ1v) is 7.28. The predicted octanol–water partition coefficient (Wildman–Crippen LogP) is 3.09. The Balaban J connectivity index is 2.12. The number of hydrogen-bond acceptors (Lipinski definition) is 4. The van der Waals surface area contributed by atoms with E-state index in [0.717, 1.165) is 4.90 Å².